The average molecular weight is 281 g/mol. The van der Waals surface area contributed by atoms with Gasteiger partial charge in [0.15, 0.2) is 0 Å². The predicted molar refractivity (Wildman–Crippen MR) is 74.2 cm³/mol. The molecule has 1 aromatic rings. The fourth-order valence-corrected chi connectivity index (χ4v) is 4.17. The summed E-state index contributed by atoms with van der Waals surface area (Å²) >= 11 is 0. The number of hydrogen-bond acceptors (Lipinski definition) is 3. The van der Waals surface area contributed by atoms with Crippen molar-refractivity contribution in [3.8, 4) is 0 Å². The van der Waals surface area contributed by atoms with Crippen LogP contribution in [0.1, 0.15) is 37.8 Å². The number of ketones is 1. The maximum absolute atomic E-state index is 12.3. The molecule has 4 nitrogen and oxygen atoms in total. The molecule has 0 N–H and O–H groups in total. The minimum absolute atomic E-state index is 0.00562. The number of carbonyl (C=O) groups excluding carboxylic acids is 1. The van der Waals surface area contributed by atoms with E-state index >= 15 is 0 Å². The molecule has 19 heavy (non-hydrogen) atoms. The van der Waals surface area contributed by atoms with Gasteiger partial charge in [0.2, 0.25) is 10.0 Å². The molecular weight excluding hydrogens is 262 g/mol. The molecule has 0 bridgehead atoms. The van der Waals surface area contributed by atoms with Crippen LogP contribution in [0.25, 0.3) is 0 Å². The first kappa shape index (κ1) is 14.2. The van der Waals surface area contributed by atoms with Crippen LogP contribution in [0.5, 0.6) is 0 Å². The Bertz CT molecular complexity index is 539. The molecule has 1 heterocycles. The van der Waals surface area contributed by atoms with Gasteiger partial charge in [-0.15, -0.1) is 0 Å². The first-order valence-electron chi connectivity index (χ1n) is 6.60. The van der Waals surface area contributed by atoms with Gasteiger partial charge < -0.3 is 0 Å². The van der Waals surface area contributed by atoms with E-state index in [1.54, 1.807) is 0 Å². The van der Waals surface area contributed by atoms with Crippen LogP contribution in [0.4, 0.5) is 0 Å². The van der Waals surface area contributed by atoms with Gasteiger partial charge in [-0.05, 0) is 12.0 Å². The van der Waals surface area contributed by atoms with Gasteiger partial charge >= 0.3 is 0 Å². The van der Waals surface area contributed by atoms with Gasteiger partial charge in [-0.25, -0.2) is 8.42 Å². The van der Waals surface area contributed by atoms with Gasteiger partial charge in [-0.1, -0.05) is 43.7 Å². The Balaban J connectivity index is 2.26. The summed E-state index contributed by atoms with van der Waals surface area (Å²) in [6.07, 6.45) is 1.75. The second kappa shape index (κ2) is 5.84. The molecule has 1 saturated heterocycles. The lowest BCUT2D eigenvalue weighted by atomic mass is 10.1. The molecular formula is C14H19NO3S. The highest BCUT2D eigenvalue weighted by molar-refractivity contribution is 7.89. The van der Waals surface area contributed by atoms with E-state index in [0.29, 0.717) is 6.42 Å². The molecule has 2 rings (SSSR count). The highest BCUT2D eigenvalue weighted by atomic mass is 32.2. The van der Waals surface area contributed by atoms with E-state index in [9.17, 15) is 13.2 Å². The van der Waals surface area contributed by atoms with Crippen molar-refractivity contribution in [3.63, 3.8) is 0 Å². The monoisotopic (exact) mass is 281 g/mol. The number of Topliss-reactive ketones (excluding diaryl/α,β-unsaturated/α-hetero) is 1. The number of carbonyl (C=O) groups is 1. The second-order valence-corrected chi connectivity index (χ2v) is 6.93. The molecule has 0 spiro atoms. The first-order valence-corrected chi connectivity index (χ1v) is 8.21. The summed E-state index contributed by atoms with van der Waals surface area (Å²) in [5, 5.41) is 0. The third kappa shape index (κ3) is 3.22. The number of hydrogen-bond donors (Lipinski definition) is 0. The molecule has 0 unspecified atom stereocenters. The lowest BCUT2D eigenvalue weighted by Gasteiger charge is -2.23. The molecule has 0 radical (unpaired) electrons. The molecule has 1 atom stereocenters. The van der Waals surface area contributed by atoms with Gasteiger partial charge in [-0.2, -0.15) is 4.31 Å². The van der Waals surface area contributed by atoms with E-state index in [4.69, 9.17) is 0 Å². The van der Waals surface area contributed by atoms with Crippen LogP contribution in [0.3, 0.4) is 0 Å². The Morgan fingerprint density at radius 2 is 1.95 bits per heavy atom. The minimum atomic E-state index is -3.34. The molecule has 0 aliphatic carbocycles. The molecule has 1 aromatic carbocycles. The Labute approximate surface area is 114 Å². The zero-order valence-electron chi connectivity index (χ0n) is 11.1. The van der Waals surface area contributed by atoms with E-state index in [-0.39, 0.29) is 30.5 Å². The molecule has 1 fully saturated rings. The van der Waals surface area contributed by atoms with E-state index in [1.807, 2.05) is 37.3 Å². The smallest absolute Gasteiger partial charge is 0.215 e. The molecule has 5 heteroatoms. The van der Waals surface area contributed by atoms with Crippen LogP contribution in [0, 0.1) is 0 Å². The van der Waals surface area contributed by atoms with Crippen LogP contribution in [-0.2, 0) is 14.8 Å². The molecule has 0 amide bonds. The largest absolute Gasteiger partial charge is 0.298 e. The summed E-state index contributed by atoms with van der Waals surface area (Å²) in [7, 11) is -3.34. The van der Waals surface area contributed by atoms with Crippen molar-refractivity contribution >= 4 is 15.8 Å². The Morgan fingerprint density at radius 3 is 2.58 bits per heavy atom. The normalized spacial score (nSPS) is 20.9. The number of rotatable bonds is 5. The van der Waals surface area contributed by atoms with Crippen LogP contribution in [0.2, 0.25) is 0 Å². The zero-order valence-corrected chi connectivity index (χ0v) is 11.9. The van der Waals surface area contributed by atoms with E-state index in [2.05, 4.69) is 0 Å². The lowest BCUT2D eigenvalue weighted by Crippen LogP contribution is -2.33. The van der Waals surface area contributed by atoms with E-state index in [1.165, 1.54) is 4.31 Å². The van der Waals surface area contributed by atoms with Crippen molar-refractivity contribution < 1.29 is 13.2 Å². The fraction of sp³-hybridized carbons (Fsp3) is 0.500. The van der Waals surface area contributed by atoms with Crippen molar-refractivity contribution in [3.05, 3.63) is 35.9 Å². The maximum Gasteiger partial charge on any atom is 0.215 e. The van der Waals surface area contributed by atoms with E-state index in [0.717, 1.165) is 12.0 Å². The Kier molecular flexibility index (Phi) is 4.37. The van der Waals surface area contributed by atoms with Gasteiger partial charge in [0.1, 0.15) is 5.78 Å². The van der Waals surface area contributed by atoms with Crippen molar-refractivity contribution in [2.75, 3.05) is 12.3 Å². The highest BCUT2D eigenvalue weighted by Crippen LogP contribution is 2.32. The molecule has 104 valence electrons. The summed E-state index contributed by atoms with van der Waals surface area (Å²) in [5.41, 5.74) is 0.897. The third-order valence-electron chi connectivity index (χ3n) is 3.40. The molecule has 0 saturated carbocycles. The third-order valence-corrected chi connectivity index (χ3v) is 5.30. The summed E-state index contributed by atoms with van der Waals surface area (Å²) in [6.45, 7) is 1.98. The van der Waals surface area contributed by atoms with Gasteiger partial charge in [0, 0.05) is 6.42 Å². The minimum Gasteiger partial charge on any atom is -0.298 e. The Hall–Kier alpha value is -1.20. The molecule has 1 aliphatic heterocycles. The highest BCUT2D eigenvalue weighted by Gasteiger charge is 2.38. The predicted octanol–water partition coefficient (Wildman–Crippen LogP) is 2.13. The quantitative estimate of drug-likeness (QED) is 0.831. The maximum atomic E-state index is 12.3. The van der Waals surface area contributed by atoms with Crippen LogP contribution in [0.15, 0.2) is 30.3 Å². The van der Waals surface area contributed by atoms with Crippen LogP contribution < -0.4 is 0 Å². The number of unbranched alkanes of at least 4 members (excludes halogenated alkanes) is 1. The van der Waals surface area contributed by atoms with Crippen molar-refractivity contribution in [1.29, 1.82) is 0 Å². The van der Waals surface area contributed by atoms with Crippen LogP contribution in [-0.4, -0.2) is 30.8 Å². The van der Waals surface area contributed by atoms with Crippen molar-refractivity contribution in [2.24, 2.45) is 0 Å². The van der Waals surface area contributed by atoms with Crippen LogP contribution >= 0.6 is 0 Å². The summed E-state index contributed by atoms with van der Waals surface area (Å²) < 4.78 is 26.0. The number of sulfonamides is 1. The summed E-state index contributed by atoms with van der Waals surface area (Å²) in [6, 6.07) is 9.06. The van der Waals surface area contributed by atoms with Crippen molar-refractivity contribution in [2.45, 2.75) is 32.2 Å². The molecule has 0 aromatic heterocycles. The lowest BCUT2D eigenvalue weighted by molar-refractivity contribution is -0.116. The average Bonchev–Trinajstić information content (AvgIpc) is 2.80. The van der Waals surface area contributed by atoms with Gasteiger partial charge in [0.25, 0.3) is 0 Å². The van der Waals surface area contributed by atoms with Crippen molar-refractivity contribution in [1.82, 2.24) is 4.31 Å². The summed E-state index contributed by atoms with van der Waals surface area (Å²) in [5.74, 6) is 0.119. The number of benzene rings is 1. The topological polar surface area (TPSA) is 54.5 Å². The summed E-state index contributed by atoms with van der Waals surface area (Å²) in [4.78, 5) is 11.7. The standard InChI is InChI=1S/C14H19NO3S/c1-2-3-9-19(17,18)15-11-13(16)10-14(15)12-7-5-4-6-8-12/h4-8,14H,2-3,9-11H2,1H3/t14-/m1/s1. The SMILES string of the molecule is CCCCS(=O)(=O)N1CC(=O)C[C@@H]1c1ccccc1. The van der Waals surface area contributed by atoms with Gasteiger partial charge in [0.05, 0.1) is 18.3 Å². The van der Waals surface area contributed by atoms with E-state index < -0.39 is 10.0 Å². The Morgan fingerprint density at radius 1 is 1.26 bits per heavy atom. The second-order valence-electron chi connectivity index (χ2n) is 4.88. The number of nitrogens with zero attached hydrogens (tertiary/aromatic N) is 1. The molecule has 1 aliphatic rings. The van der Waals surface area contributed by atoms with Gasteiger partial charge in [-0.3, -0.25) is 4.79 Å². The fourth-order valence-electron chi connectivity index (χ4n) is 2.36. The first-order chi connectivity index (χ1) is 9.04. The zero-order chi connectivity index (χ0) is 13.9.